The van der Waals surface area contributed by atoms with Crippen molar-refractivity contribution < 1.29 is 14.3 Å². The number of carbonyl (C=O) groups excluding carboxylic acids is 2. The van der Waals surface area contributed by atoms with E-state index in [0.717, 1.165) is 19.3 Å². The lowest BCUT2D eigenvalue weighted by molar-refractivity contribution is -0.122. The molecule has 0 saturated heterocycles. The van der Waals surface area contributed by atoms with Crippen molar-refractivity contribution in [2.45, 2.75) is 39.0 Å². The Balaban J connectivity index is 3.16. The minimum absolute atomic E-state index is 0.144. The Bertz CT molecular complexity index is 164. The van der Waals surface area contributed by atoms with Crippen molar-refractivity contribution in [1.29, 1.82) is 0 Å². The number of ketones is 2. The van der Waals surface area contributed by atoms with Crippen LogP contribution in [0.15, 0.2) is 0 Å². The van der Waals surface area contributed by atoms with Crippen LogP contribution in [0.1, 0.15) is 39.0 Å². The number of methoxy groups -OCH3 is 1. The molecule has 13 heavy (non-hydrogen) atoms. The van der Waals surface area contributed by atoms with Crippen LogP contribution in [-0.4, -0.2) is 25.3 Å². The Morgan fingerprint density at radius 1 is 1.08 bits per heavy atom. The summed E-state index contributed by atoms with van der Waals surface area (Å²) in [6.07, 6.45) is 3.93. The fraction of sp³-hybridized carbons (Fsp3) is 0.800. The van der Waals surface area contributed by atoms with Crippen molar-refractivity contribution in [3.63, 3.8) is 0 Å². The highest BCUT2D eigenvalue weighted by Crippen LogP contribution is 2.03. The van der Waals surface area contributed by atoms with Gasteiger partial charge in [-0.05, 0) is 19.8 Å². The lowest BCUT2D eigenvalue weighted by Gasteiger charge is -1.99. The molecule has 76 valence electrons. The van der Waals surface area contributed by atoms with E-state index < -0.39 is 0 Å². The van der Waals surface area contributed by atoms with Gasteiger partial charge in [-0.25, -0.2) is 0 Å². The van der Waals surface area contributed by atoms with E-state index in [1.165, 1.54) is 7.11 Å². The molecule has 0 bridgehead atoms. The summed E-state index contributed by atoms with van der Waals surface area (Å²) in [5.74, 6) is 0.369. The molecule has 0 fully saturated rings. The molecule has 0 N–H and O–H groups in total. The van der Waals surface area contributed by atoms with Crippen LogP contribution in [0.5, 0.6) is 0 Å². The third-order valence-electron chi connectivity index (χ3n) is 1.79. The topological polar surface area (TPSA) is 43.4 Å². The van der Waals surface area contributed by atoms with Crippen LogP contribution in [0.3, 0.4) is 0 Å². The number of ether oxygens (including phenoxy) is 1. The summed E-state index contributed by atoms with van der Waals surface area (Å²) in [4.78, 5) is 21.5. The summed E-state index contributed by atoms with van der Waals surface area (Å²) < 4.78 is 4.70. The largest absolute Gasteiger partial charge is 0.377 e. The maximum absolute atomic E-state index is 10.9. The molecule has 0 aromatic rings. The second-order valence-electron chi connectivity index (χ2n) is 3.23. The van der Waals surface area contributed by atoms with Gasteiger partial charge in [-0.15, -0.1) is 0 Å². The number of carbonyl (C=O) groups is 2. The molecule has 0 aliphatic heterocycles. The zero-order valence-electron chi connectivity index (χ0n) is 8.47. The SMILES string of the molecule is COCC(=O)CCCCCC(C)=O. The van der Waals surface area contributed by atoms with Crippen LogP contribution in [0, 0.1) is 0 Å². The fourth-order valence-corrected chi connectivity index (χ4v) is 1.11. The first-order valence-electron chi connectivity index (χ1n) is 4.67. The third kappa shape index (κ3) is 9.21. The molecule has 0 saturated carbocycles. The average Bonchev–Trinajstić information content (AvgIpc) is 2.03. The number of rotatable bonds is 8. The molecule has 0 rings (SSSR count). The van der Waals surface area contributed by atoms with E-state index in [2.05, 4.69) is 0 Å². The maximum Gasteiger partial charge on any atom is 0.158 e. The van der Waals surface area contributed by atoms with E-state index in [1.54, 1.807) is 6.92 Å². The Labute approximate surface area is 79.5 Å². The predicted octanol–water partition coefficient (Wildman–Crippen LogP) is 1.74. The van der Waals surface area contributed by atoms with Gasteiger partial charge in [0, 0.05) is 20.0 Å². The van der Waals surface area contributed by atoms with Crippen LogP contribution >= 0.6 is 0 Å². The molecule has 0 radical (unpaired) electrons. The molecule has 0 aliphatic rings. The molecule has 3 heteroatoms. The molecule has 0 aromatic heterocycles. The number of unbranched alkanes of at least 4 members (excludes halogenated alkanes) is 2. The van der Waals surface area contributed by atoms with E-state index in [9.17, 15) is 9.59 Å². The summed E-state index contributed by atoms with van der Waals surface area (Å²) in [6, 6.07) is 0. The molecule has 0 spiro atoms. The van der Waals surface area contributed by atoms with Crippen LogP contribution in [-0.2, 0) is 14.3 Å². The molecule has 0 aliphatic carbocycles. The van der Waals surface area contributed by atoms with Gasteiger partial charge in [-0.3, -0.25) is 4.79 Å². The molecular weight excluding hydrogens is 168 g/mol. The Kier molecular flexibility index (Phi) is 7.50. The summed E-state index contributed by atoms with van der Waals surface area (Å²) >= 11 is 0. The second-order valence-corrected chi connectivity index (χ2v) is 3.23. The van der Waals surface area contributed by atoms with Crippen molar-refractivity contribution in [3.8, 4) is 0 Å². The van der Waals surface area contributed by atoms with Gasteiger partial charge >= 0.3 is 0 Å². The first kappa shape index (κ1) is 12.3. The summed E-state index contributed by atoms with van der Waals surface area (Å²) in [5.41, 5.74) is 0. The van der Waals surface area contributed by atoms with Crippen LogP contribution in [0.25, 0.3) is 0 Å². The molecule has 0 amide bonds. The Morgan fingerprint density at radius 3 is 2.23 bits per heavy atom. The minimum atomic E-state index is 0.144. The lowest BCUT2D eigenvalue weighted by atomic mass is 10.1. The Hall–Kier alpha value is -0.700. The number of hydrogen-bond acceptors (Lipinski definition) is 3. The van der Waals surface area contributed by atoms with Gasteiger partial charge in [-0.2, -0.15) is 0 Å². The van der Waals surface area contributed by atoms with E-state index >= 15 is 0 Å². The van der Waals surface area contributed by atoms with Gasteiger partial charge in [0.2, 0.25) is 0 Å². The quantitative estimate of drug-likeness (QED) is 0.542. The highest BCUT2D eigenvalue weighted by Gasteiger charge is 2.00. The summed E-state index contributed by atoms with van der Waals surface area (Å²) in [5, 5.41) is 0. The van der Waals surface area contributed by atoms with Crippen LogP contribution in [0.2, 0.25) is 0 Å². The van der Waals surface area contributed by atoms with Gasteiger partial charge in [-0.1, -0.05) is 6.42 Å². The fourth-order valence-electron chi connectivity index (χ4n) is 1.11. The molecule has 0 heterocycles. The minimum Gasteiger partial charge on any atom is -0.377 e. The van der Waals surface area contributed by atoms with Gasteiger partial charge in [0.1, 0.15) is 12.4 Å². The highest BCUT2D eigenvalue weighted by molar-refractivity contribution is 5.79. The molecule has 0 atom stereocenters. The van der Waals surface area contributed by atoms with Crippen LogP contribution < -0.4 is 0 Å². The zero-order chi connectivity index (χ0) is 10.1. The van der Waals surface area contributed by atoms with Crippen molar-refractivity contribution in [2.24, 2.45) is 0 Å². The predicted molar refractivity (Wildman–Crippen MR) is 50.6 cm³/mol. The average molecular weight is 186 g/mol. The van der Waals surface area contributed by atoms with Gasteiger partial charge in [0.25, 0.3) is 0 Å². The van der Waals surface area contributed by atoms with E-state index in [0.29, 0.717) is 12.8 Å². The van der Waals surface area contributed by atoms with E-state index in [4.69, 9.17) is 4.74 Å². The molecule has 0 aromatic carbocycles. The molecule has 0 unspecified atom stereocenters. The van der Waals surface area contributed by atoms with Gasteiger partial charge in [0.05, 0.1) is 0 Å². The zero-order valence-corrected chi connectivity index (χ0v) is 8.47. The van der Waals surface area contributed by atoms with Gasteiger partial charge < -0.3 is 9.53 Å². The summed E-state index contributed by atoms with van der Waals surface area (Å²) in [7, 11) is 1.52. The first-order valence-corrected chi connectivity index (χ1v) is 4.67. The standard InChI is InChI=1S/C10H18O3/c1-9(11)6-4-3-5-7-10(12)8-13-2/h3-8H2,1-2H3. The van der Waals surface area contributed by atoms with Crippen molar-refractivity contribution >= 4 is 11.6 Å². The number of hydrogen-bond donors (Lipinski definition) is 0. The number of Topliss-reactive ketones (excluding diaryl/α,β-unsaturated/α-hetero) is 2. The molecular formula is C10H18O3. The van der Waals surface area contributed by atoms with Gasteiger partial charge in [0.15, 0.2) is 5.78 Å². The highest BCUT2D eigenvalue weighted by atomic mass is 16.5. The molecule has 3 nitrogen and oxygen atoms in total. The Morgan fingerprint density at radius 2 is 1.69 bits per heavy atom. The van der Waals surface area contributed by atoms with Crippen LogP contribution in [0.4, 0.5) is 0 Å². The van der Waals surface area contributed by atoms with Crippen molar-refractivity contribution in [3.05, 3.63) is 0 Å². The summed E-state index contributed by atoms with van der Waals surface area (Å²) in [6.45, 7) is 1.81. The maximum atomic E-state index is 10.9. The van der Waals surface area contributed by atoms with E-state index in [1.807, 2.05) is 0 Å². The first-order chi connectivity index (χ1) is 6.16. The third-order valence-corrected chi connectivity index (χ3v) is 1.79. The second kappa shape index (κ2) is 7.92. The monoisotopic (exact) mass is 186 g/mol. The van der Waals surface area contributed by atoms with Crippen molar-refractivity contribution in [2.75, 3.05) is 13.7 Å². The smallest absolute Gasteiger partial charge is 0.158 e. The van der Waals surface area contributed by atoms with E-state index in [-0.39, 0.29) is 18.2 Å². The van der Waals surface area contributed by atoms with Crippen molar-refractivity contribution in [1.82, 2.24) is 0 Å². The lowest BCUT2D eigenvalue weighted by Crippen LogP contribution is -2.05. The normalized spacial score (nSPS) is 10.0.